The molecular formula is C40H56FNO5. The van der Waals surface area contributed by atoms with E-state index in [1.807, 2.05) is 20.8 Å². The highest BCUT2D eigenvalue weighted by molar-refractivity contribution is 5.88. The number of alkyl carbamates (subject to hydrolysis) is 1. The maximum atomic E-state index is 14.9. The summed E-state index contributed by atoms with van der Waals surface area (Å²) in [6, 6.07) is 4.59. The Bertz CT molecular complexity index is 1490. The minimum Gasteiger partial charge on any atom is -0.478 e. The molecule has 258 valence electrons. The second kappa shape index (κ2) is 11.5. The molecule has 0 aliphatic heterocycles. The van der Waals surface area contributed by atoms with Crippen LogP contribution in [0.3, 0.4) is 0 Å². The number of ether oxygens (including phenoxy) is 1. The Balaban J connectivity index is 1.31. The summed E-state index contributed by atoms with van der Waals surface area (Å²) in [6.07, 6.45) is 11.2. The van der Waals surface area contributed by atoms with E-state index >= 15 is 0 Å². The molecule has 4 saturated carbocycles. The molecule has 3 N–H and O–H groups in total. The lowest BCUT2D eigenvalue weighted by Gasteiger charge is -2.68. The van der Waals surface area contributed by atoms with Crippen molar-refractivity contribution in [2.75, 3.05) is 6.61 Å². The van der Waals surface area contributed by atoms with Gasteiger partial charge >= 0.3 is 12.1 Å². The molecule has 0 saturated heterocycles. The van der Waals surface area contributed by atoms with Crippen molar-refractivity contribution in [3.8, 4) is 0 Å². The molecule has 6 nitrogen and oxygen atoms in total. The molecule has 0 radical (unpaired) electrons. The molecule has 7 heteroatoms. The third kappa shape index (κ3) is 5.38. The summed E-state index contributed by atoms with van der Waals surface area (Å²) in [5.41, 5.74) is 1.64. The zero-order chi connectivity index (χ0) is 34.3. The van der Waals surface area contributed by atoms with Gasteiger partial charge in [-0.3, -0.25) is 0 Å². The fourth-order valence-corrected chi connectivity index (χ4v) is 12.5. The molecule has 5 aliphatic carbocycles. The summed E-state index contributed by atoms with van der Waals surface area (Å²) in [5, 5.41) is 23.0. The van der Waals surface area contributed by atoms with Crippen molar-refractivity contribution in [3.63, 3.8) is 0 Å². The Kier molecular flexibility index (Phi) is 8.34. The topological polar surface area (TPSA) is 95.9 Å². The van der Waals surface area contributed by atoms with Crippen molar-refractivity contribution in [2.24, 2.45) is 51.8 Å². The van der Waals surface area contributed by atoms with Gasteiger partial charge in [0.1, 0.15) is 11.4 Å². The Hall–Kier alpha value is -2.67. The lowest BCUT2D eigenvalue weighted by molar-refractivity contribution is -0.174. The average molecular weight is 650 g/mol. The van der Waals surface area contributed by atoms with E-state index in [-0.39, 0.29) is 51.9 Å². The number of carbonyl (C=O) groups excluding carboxylic acids is 1. The van der Waals surface area contributed by atoms with Crippen molar-refractivity contribution >= 4 is 17.6 Å². The SMILES string of the molecule is C=C(CO)C1CC[C@]2(NC(=O)OC(C)(C)C)CCC3[C@H](CCC4[C@@]3(C)CCC3C(C)(C)C(c5ccc(C(=O)O)c(F)c5)=CC[C@@]34C)C12. The Labute approximate surface area is 280 Å². The maximum absolute atomic E-state index is 14.9. The highest BCUT2D eigenvalue weighted by Crippen LogP contribution is 2.73. The Morgan fingerprint density at radius 3 is 2.34 bits per heavy atom. The molecule has 0 bridgehead atoms. The van der Waals surface area contributed by atoms with Crippen molar-refractivity contribution in [1.82, 2.24) is 5.32 Å². The van der Waals surface area contributed by atoms with Gasteiger partial charge < -0.3 is 20.3 Å². The van der Waals surface area contributed by atoms with E-state index in [2.05, 4.69) is 45.7 Å². The molecule has 5 aliphatic rings. The van der Waals surface area contributed by atoms with E-state index in [1.165, 1.54) is 12.1 Å². The minimum atomic E-state index is -1.24. The first-order chi connectivity index (χ1) is 21.9. The largest absolute Gasteiger partial charge is 0.478 e. The van der Waals surface area contributed by atoms with Crippen LogP contribution in [0, 0.1) is 57.6 Å². The number of nitrogens with one attached hydrogen (secondary N) is 1. The van der Waals surface area contributed by atoms with E-state index in [9.17, 15) is 24.2 Å². The van der Waals surface area contributed by atoms with Crippen LogP contribution in [0.2, 0.25) is 0 Å². The van der Waals surface area contributed by atoms with Crippen molar-refractivity contribution in [2.45, 2.75) is 117 Å². The summed E-state index contributed by atoms with van der Waals surface area (Å²) >= 11 is 0. The fourth-order valence-electron chi connectivity index (χ4n) is 12.5. The molecule has 0 heterocycles. The van der Waals surface area contributed by atoms with Crippen LogP contribution in [0.15, 0.2) is 36.4 Å². The van der Waals surface area contributed by atoms with Gasteiger partial charge in [-0.2, -0.15) is 0 Å². The number of hydrogen-bond acceptors (Lipinski definition) is 4. The van der Waals surface area contributed by atoms with Gasteiger partial charge in [0.25, 0.3) is 0 Å². The van der Waals surface area contributed by atoms with Crippen LogP contribution in [0.25, 0.3) is 5.57 Å². The van der Waals surface area contributed by atoms with Gasteiger partial charge in [0.2, 0.25) is 0 Å². The molecule has 1 amide bonds. The lowest BCUT2D eigenvalue weighted by Crippen LogP contribution is -2.65. The third-order valence-electron chi connectivity index (χ3n) is 14.1. The van der Waals surface area contributed by atoms with Crippen LogP contribution in [-0.2, 0) is 4.74 Å². The maximum Gasteiger partial charge on any atom is 0.408 e. The van der Waals surface area contributed by atoms with E-state index in [0.29, 0.717) is 23.7 Å². The molecule has 0 aromatic heterocycles. The number of allylic oxidation sites excluding steroid dienone is 2. The number of benzene rings is 1. The number of halogens is 1. The molecule has 6 rings (SSSR count). The standard InChI is InChI=1S/C40H56FNO5/c1-23(22-43)25-13-19-40(42-35(46)47-36(2,3)4)20-15-29-26(33(25)40)11-12-32-38(29,7)18-16-31-37(5,6)28(14-17-39(31,32)8)24-9-10-27(34(44)45)30(41)21-24/h9-10,14,21,25-26,29,31-33,43H,1,11-13,15-20,22H2,2-8H3,(H,42,46)(H,44,45)/t25?,26-,29?,31?,32?,33?,38-,39-,40-/m0/s1. The highest BCUT2D eigenvalue weighted by Gasteiger charge is 2.67. The van der Waals surface area contributed by atoms with Gasteiger partial charge in [0, 0.05) is 5.54 Å². The number of aliphatic hydroxyl groups is 1. The summed E-state index contributed by atoms with van der Waals surface area (Å²) in [4.78, 5) is 24.7. The van der Waals surface area contributed by atoms with E-state index < -0.39 is 17.4 Å². The van der Waals surface area contributed by atoms with E-state index in [1.54, 1.807) is 6.07 Å². The average Bonchev–Trinajstić information content (AvgIpc) is 3.34. The zero-order valence-electron chi connectivity index (χ0n) is 29.5. The molecule has 4 fully saturated rings. The van der Waals surface area contributed by atoms with Gasteiger partial charge in [-0.25, -0.2) is 14.0 Å². The molecule has 0 spiro atoms. The number of carboxylic acid groups (broad SMARTS) is 1. The number of fused-ring (bicyclic) bond motifs is 7. The van der Waals surface area contributed by atoms with Crippen LogP contribution in [0.1, 0.15) is 122 Å². The van der Waals surface area contributed by atoms with E-state index in [4.69, 9.17) is 4.74 Å². The van der Waals surface area contributed by atoms with Gasteiger partial charge in [-0.1, -0.05) is 46.4 Å². The first-order valence-electron chi connectivity index (χ1n) is 17.9. The summed E-state index contributed by atoms with van der Waals surface area (Å²) in [7, 11) is 0. The van der Waals surface area contributed by atoms with Crippen molar-refractivity contribution < 1.29 is 28.9 Å². The molecule has 1 aromatic rings. The number of aliphatic hydroxyl groups excluding tert-OH is 1. The van der Waals surface area contributed by atoms with Crippen molar-refractivity contribution in [1.29, 1.82) is 0 Å². The Morgan fingerprint density at radius 2 is 1.70 bits per heavy atom. The number of hydrogen-bond donors (Lipinski definition) is 3. The minimum absolute atomic E-state index is 0.0204. The summed E-state index contributed by atoms with van der Waals surface area (Å²) in [6.45, 7) is 19.7. The van der Waals surface area contributed by atoms with Gasteiger partial charge in [-0.15, -0.1) is 0 Å². The zero-order valence-corrected chi connectivity index (χ0v) is 29.5. The van der Waals surface area contributed by atoms with Gasteiger partial charge in [0.15, 0.2) is 0 Å². The number of carboxylic acids is 1. The highest BCUT2D eigenvalue weighted by atomic mass is 19.1. The van der Waals surface area contributed by atoms with Crippen LogP contribution in [-0.4, -0.2) is 40.0 Å². The van der Waals surface area contributed by atoms with Crippen LogP contribution >= 0.6 is 0 Å². The Morgan fingerprint density at radius 1 is 1.00 bits per heavy atom. The van der Waals surface area contributed by atoms with Crippen LogP contribution < -0.4 is 5.32 Å². The first-order valence-corrected chi connectivity index (χ1v) is 17.9. The number of carbonyl (C=O) groups is 2. The fraction of sp³-hybridized carbons (Fsp3) is 0.700. The molecular weight excluding hydrogens is 593 g/mol. The predicted molar refractivity (Wildman–Crippen MR) is 182 cm³/mol. The smallest absolute Gasteiger partial charge is 0.408 e. The monoisotopic (exact) mass is 649 g/mol. The summed E-state index contributed by atoms with van der Waals surface area (Å²) < 4.78 is 20.6. The predicted octanol–water partition coefficient (Wildman–Crippen LogP) is 9.03. The molecule has 47 heavy (non-hydrogen) atoms. The summed E-state index contributed by atoms with van der Waals surface area (Å²) in [5.74, 6) is 0.396. The second-order valence-corrected chi connectivity index (χ2v) is 17.9. The molecule has 1 aromatic carbocycles. The first kappa shape index (κ1) is 34.2. The van der Waals surface area contributed by atoms with E-state index in [0.717, 1.165) is 74.5 Å². The van der Waals surface area contributed by atoms with Crippen LogP contribution in [0.4, 0.5) is 9.18 Å². The molecule has 9 atom stereocenters. The van der Waals surface area contributed by atoms with Gasteiger partial charge in [-0.05, 0) is 159 Å². The lowest BCUT2D eigenvalue weighted by atomic mass is 9.36. The number of amides is 1. The third-order valence-corrected chi connectivity index (χ3v) is 14.1. The van der Waals surface area contributed by atoms with Crippen molar-refractivity contribution in [3.05, 3.63) is 53.4 Å². The van der Waals surface area contributed by atoms with Gasteiger partial charge in [0.05, 0.1) is 12.2 Å². The second-order valence-electron chi connectivity index (χ2n) is 17.9. The number of rotatable bonds is 5. The normalized spacial score (nSPS) is 39.0. The number of aromatic carboxylic acids is 1. The quantitative estimate of drug-likeness (QED) is 0.277. The van der Waals surface area contributed by atoms with Crippen LogP contribution in [0.5, 0.6) is 0 Å². The molecule has 5 unspecified atom stereocenters.